The molecule has 0 aliphatic carbocycles. The van der Waals surface area contributed by atoms with Gasteiger partial charge >= 0.3 is 0 Å². The van der Waals surface area contributed by atoms with Gasteiger partial charge in [0.1, 0.15) is 5.52 Å². The molecule has 0 unspecified atom stereocenters. The molecule has 9 heteroatoms. The van der Waals surface area contributed by atoms with E-state index in [4.69, 9.17) is 10.7 Å². The van der Waals surface area contributed by atoms with Crippen molar-refractivity contribution < 1.29 is 0 Å². The molecule has 0 amide bonds. The SMILES string of the molecule is Cl.Cl.Cn1cc(-c2cn3nccc3c(N3CCC(CN)CC3)n2)cn1. The third-order valence-corrected chi connectivity index (χ3v) is 4.62. The number of halogens is 2. The predicted molar refractivity (Wildman–Crippen MR) is 104 cm³/mol. The fraction of sp³-hybridized carbons (Fsp3) is 0.438. The van der Waals surface area contributed by atoms with Crippen LogP contribution in [0.15, 0.2) is 30.9 Å². The number of piperidine rings is 1. The summed E-state index contributed by atoms with van der Waals surface area (Å²) in [5.41, 5.74) is 8.75. The lowest BCUT2D eigenvalue weighted by Crippen LogP contribution is -2.36. The van der Waals surface area contributed by atoms with Crippen molar-refractivity contribution in [2.45, 2.75) is 12.8 Å². The number of nitrogens with zero attached hydrogens (tertiary/aromatic N) is 6. The van der Waals surface area contributed by atoms with Crippen molar-refractivity contribution in [3.05, 3.63) is 30.9 Å². The molecule has 0 atom stereocenters. The van der Waals surface area contributed by atoms with Crippen LogP contribution in [0.3, 0.4) is 0 Å². The van der Waals surface area contributed by atoms with E-state index in [-0.39, 0.29) is 24.8 Å². The summed E-state index contributed by atoms with van der Waals surface area (Å²) in [5.74, 6) is 1.63. The van der Waals surface area contributed by atoms with E-state index >= 15 is 0 Å². The molecule has 0 saturated carbocycles. The molecule has 1 fully saturated rings. The first kappa shape index (κ1) is 19.5. The molecule has 0 aromatic carbocycles. The Hall–Kier alpha value is -1.83. The molecule has 136 valence electrons. The first-order valence-electron chi connectivity index (χ1n) is 8.03. The molecule has 0 radical (unpaired) electrons. The Morgan fingerprint density at radius 2 is 1.92 bits per heavy atom. The van der Waals surface area contributed by atoms with Gasteiger partial charge in [-0.2, -0.15) is 10.2 Å². The van der Waals surface area contributed by atoms with E-state index in [1.807, 2.05) is 42.4 Å². The molecule has 25 heavy (non-hydrogen) atoms. The summed E-state index contributed by atoms with van der Waals surface area (Å²) in [6, 6.07) is 2.02. The first-order valence-corrected chi connectivity index (χ1v) is 8.03. The molecule has 1 aliphatic heterocycles. The largest absolute Gasteiger partial charge is 0.355 e. The van der Waals surface area contributed by atoms with Crippen LogP contribution in [0, 0.1) is 5.92 Å². The monoisotopic (exact) mass is 383 g/mol. The van der Waals surface area contributed by atoms with Crippen LogP contribution in [0.4, 0.5) is 5.82 Å². The molecule has 0 spiro atoms. The number of hydrogen-bond donors (Lipinski definition) is 1. The zero-order chi connectivity index (χ0) is 15.8. The third-order valence-electron chi connectivity index (χ3n) is 4.62. The molecule has 4 rings (SSSR count). The van der Waals surface area contributed by atoms with Gasteiger partial charge in [-0.05, 0) is 31.4 Å². The molecule has 3 aromatic rings. The Morgan fingerprint density at radius 1 is 1.16 bits per heavy atom. The van der Waals surface area contributed by atoms with Gasteiger partial charge in [-0.1, -0.05) is 0 Å². The maximum absolute atomic E-state index is 5.81. The number of nitrogens with two attached hydrogens (primary N) is 1. The van der Waals surface area contributed by atoms with Gasteiger partial charge in [0.25, 0.3) is 0 Å². The molecule has 2 N–H and O–H groups in total. The normalized spacial score (nSPS) is 15.0. The Labute approximate surface area is 159 Å². The second kappa shape index (κ2) is 8.03. The van der Waals surface area contributed by atoms with Crippen molar-refractivity contribution in [2.24, 2.45) is 18.7 Å². The van der Waals surface area contributed by atoms with Crippen molar-refractivity contribution in [1.29, 1.82) is 0 Å². The van der Waals surface area contributed by atoms with E-state index in [1.54, 1.807) is 4.68 Å². The molecular weight excluding hydrogens is 361 g/mol. The van der Waals surface area contributed by atoms with Crippen molar-refractivity contribution in [3.8, 4) is 11.3 Å². The highest BCUT2D eigenvalue weighted by molar-refractivity contribution is 5.85. The standard InChI is InChI=1S/C16H21N7.2ClH/c1-21-10-13(9-19-21)14-11-23-15(2-5-18-23)16(20-14)22-6-3-12(8-17)4-7-22;;/h2,5,9-12H,3-4,6-8,17H2,1H3;2*1H. The van der Waals surface area contributed by atoms with Crippen LogP contribution in [0.2, 0.25) is 0 Å². The lowest BCUT2D eigenvalue weighted by Gasteiger charge is -2.32. The van der Waals surface area contributed by atoms with Crippen LogP contribution in [-0.4, -0.2) is 44.0 Å². The average molecular weight is 384 g/mol. The summed E-state index contributed by atoms with van der Waals surface area (Å²) in [4.78, 5) is 7.26. The van der Waals surface area contributed by atoms with Gasteiger partial charge in [0, 0.05) is 31.9 Å². The van der Waals surface area contributed by atoms with Crippen molar-refractivity contribution >= 4 is 36.1 Å². The fourth-order valence-electron chi connectivity index (χ4n) is 3.22. The fourth-order valence-corrected chi connectivity index (χ4v) is 3.22. The van der Waals surface area contributed by atoms with E-state index < -0.39 is 0 Å². The smallest absolute Gasteiger partial charge is 0.155 e. The number of anilines is 1. The number of fused-ring (bicyclic) bond motifs is 1. The Balaban J connectivity index is 0.00000113. The summed E-state index contributed by atoms with van der Waals surface area (Å²) in [5, 5.41) is 8.64. The molecule has 3 aromatic heterocycles. The van der Waals surface area contributed by atoms with Gasteiger partial charge in [-0.25, -0.2) is 9.50 Å². The second-order valence-corrected chi connectivity index (χ2v) is 6.18. The number of hydrogen-bond acceptors (Lipinski definition) is 5. The van der Waals surface area contributed by atoms with Gasteiger partial charge in [0.05, 0.1) is 24.3 Å². The summed E-state index contributed by atoms with van der Waals surface area (Å²) in [7, 11) is 1.91. The summed E-state index contributed by atoms with van der Waals surface area (Å²) < 4.78 is 3.69. The quantitative estimate of drug-likeness (QED) is 0.749. The molecule has 0 bridgehead atoms. The van der Waals surface area contributed by atoms with E-state index in [0.717, 1.165) is 55.1 Å². The summed E-state index contributed by atoms with van der Waals surface area (Å²) in [6.45, 7) is 2.76. The lowest BCUT2D eigenvalue weighted by atomic mass is 9.97. The first-order chi connectivity index (χ1) is 11.2. The van der Waals surface area contributed by atoms with E-state index in [2.05, 4.69) is 15.1 Å². The van der Waals surface area contributed by atoms with Crippen LogP contribution < -0.4 is 10.6 Å². The topological polar surface area (TPSA) is 77.3 Å². The molecular formula is C16H23Cl2N7. The van der Waals surface area contributed by atoms with Gasteiger partial charge in [-0.15, -0.1) is 24.8 Å². The van der Waals surface area contributed by atoms with Crippen LogP contribution in [0.5, 0.6) is 0 Å². The maximum Gasteiger partial charge on any atom is 0.155 e. The third kappa shape index (κ3) is 3.73. The summed E-state index contributed by atoms with van der Waals surface area (Å²) in [6.07, 6.45) is 9.83. The summed E-state index contributed by atoms with van der Waals surface area (Å²) >= 11 is 0. The maximum atomic E-state index is 5.81. The zero-order valence-electron chi connectivity index (χ0n) is 14.1. The van der Waals surface area contributed by atoms with Crippen molar-refractivity contribution in [1.82, 2.24) is 24.4 Å². The molecule has 7 nitrogen and oxygen atoms in total. The minimum absolute atomic E-state index is 0. The van der Waals surface area contributed by atoms with Crippen LogP contribution in [0.25, 0.3) is 16.8 Å². The van der Waals surface area contributed by atoms with Crippen molar-refractivity contribution in [3.63, 3.8) is 0 Å². The number of rotatable bonds is 3. The van der Waals surface area contributed by atoms with Crippen molar-refractivity contribution in [2.75, 3.05) is 24.5 Å². The highest BCUT2D eigenvalue weighted by atomic mass is 35.5. The minimum Gasteiger partial charge on any atom is -0.355 e. The van der Waals surface area contributed by atoms with Gasteiger partial charge < -0.3 is 10.6 Å². The van der Waals surface area contributed by atoms with Gasteiger partial charge in [0.2, 0.25) is 0 Å². The van der Waals surface area contributed by atoms with Crippen LogP contribution in [0.1, 0.15) is 12.8 Å². The number of aromatic nitrogens is 5. The minimum atomic E-state index is 0. The highest BCUT2D eigenvalue weighted by Gasteiger charge is 2.22. The molecule has 1 saturated heterocycles. The zero-order valence-corrected chi connectivity index (χ0v) is 15.7. The van der Waals surface area contributed by atoms with E-state index in [9.17, 15) is 0 Å². The second-order valence-electron chi connectivity index (χ2n) is 6.18. The Kier molecular flexibility index (Phi) is 6.26. The predicted octanol–water partition coefficient (Wildman–Crippen LogP) is 2.15. The Bertz CT molecular complexity index is 821. The molecule has 1 aliphatic rings. The average Bonchev–Trinajstić information content (AvgIpc) is 3.22. The van der Waals surface area contributed by atoms with E-state index in [0.29, 0.717) is 5.92 Å². The van der Waals surface area contributed by atoms with Crippen LogP contribution in [-0.2, 0) is 7.05 Å². The lowest BCUT2D eigenvalue weighted by molar-refractivity contribution is 0.413. The van der Waals surface area contributed by atoms with Gasteiger partial charge in [-0.3, -0.25) is 4.68 Å². The Morgan fingerprint density at radius 3 is 2.56 bits per heavy atom. The van der Waals surface area contributed by atoms with E-state index in [1.165, 1.54) is 0 Å². The van der Waals surface area contributed by atoms with Gasteiger partial charge in [0.15, 0.2) is 5.82 Å². The highest BCUT2D eigenvalue weighted by Crippen LogP contribution is 2.28. The molecule has 4 heterocycles. The van der Waals surface area contributed by atoms with Crippen LogP contribution >= 0.6 is 24.8 Å². The number of aryl methyl sites for hydroxylation is 1.